The number of unbranched alkanes of at least 4 members (excludes halogenated alkanes) is 1. The van der Waals surface area contributed by atoms with Crippen LogP contribution in [0.1, 0.15) is 19.3 Å². The van der Waals surface area contributed by atoms with Crippen molar-refractivity contribution in [3.63, 3.8) is 0 Å². The molecule has 2 fully saturated rings. The minimum Gasteiger partial charge on any atom is -0.480 e. The van der Waals surface area contributed by atoms with Crippen molar-refractivity contribution in [1.29, 1.82) is 0 Å². The van der Waals surface area contributed by atoms with Gasteiger partial charge in [0.1, 0.15) is 6.04 Å². The van der Waals surface area contributed by atoms with Gasteiger partial charge in [0.15, 0.2) is 0 Å². The van der Waals surface area contributed by atoms with Gasteiger partial charge in [0, 0.05) is 44.2 Å². The van der Waals surface area contributed by atoms with Crippen molar-refractivity contribution < 1.29 is 38.6 Å². The summed E-state index contributed by atoms with van der Waals surface area (Å²) < 4.78 is 10.4. The molecule has 0 aromatic carbocycles. The van der Waals surface area contributed by atoms with Crippen LogP contribution in [0.2, 0.25) is 0 Å². The molecule has 2 heterocycles. The number of carboxylic acids is 1. The van der Waals surface area contributed by atoms with Crippen LogP contribution in [0.3, 0.4) is 0 Å². The lowest BCUT2D eigenvalue weighted by Crippen LogP contribution is -2.42. The van der Waals surface area contributed by atoms with Crippen LogP contribution in [0.5, 0.6) is 0 Å². The fourth-order valence-corrected chi connectivity index (χ4v) is 4.95. The maximum atomic E-state index is 12.1. The Labute approximate surface area is 232 Å². The fraction of sp³-hybridized carbons (Fsp3) is 0.708. The molecule has 0 aliphatic carbocycles. The Morgan fingerprint density at radius 3 is 1.79 bits per heavy atom. The Hall–Kier alpha value is -2.03. The zero-order valence-corrected chi connectivity index (χ0v) is 23.2. The molecule has 0 saturated carbocycles. The number of nitrogens with zero attached hydrogens (tertiary/aromatic N) is 2. The molecular formula is C24H38N4O8S2. The van der Waals surface area contributed by atoms with Gasteiger partial charge in [0.2, 0.25) is 23.6 Å². The van der Waals surface area contributed by atoms with Crippen molar-refractivity contribution in [2.24, 2.45) is 0 Å². The lowest BCUT2D eigenvalue weighted by Gasteiger charge is -2.26. The monoisotopic (exact) mass is 574 g/mol. The topological polar surface area (TPSA) is 155 Å². The quantitative estimate of drug-likeness (QED) is 0.193. The summed E-state index contributed by atoms with van der Waals surface area (Å²) in [6.07, 6.45) is 4.43. The van der Waals surface area contributed by atoms with Crippen LogP contribution < -0.4 is 10.6 Å². The number of aliphatic carboxylic acids is 1. The minimum absolute atomic E-state index is 0.0444. The van der Waals surface area contributed by atoms with Crippen molar-refractivity contribution >= 4 is 53.1 Å². The first-order chi connectivity index (χ1) is 18.4. The molecule has 1 atom stereocenters. The second-order valence-corrected chi connectivity index (χ2v) is 10.7. The molecule has 1 unspecified atom stereocenters. The van der Waals surface area contributed by atoms with Crippen molar-refractivity contribution in [3.05, 3.63) is 12.8 Å². The van der Waals surface area contributed by atoms with Gasteiger partial charge in [-0.3, -0.25) is 19.2 Å². The third-order valence-corrected chi connectivity index (χ3v) is 7.48. The molecule has 12 nitrogen and oxygen atoms in total. The number of hydrogen-bond acceptors (Lipinski definition) is 9. The molecule has 2 saturated heterocycles. The molecule has 2 aliphatic rings. The summed E-state index contributed by atoms with van der Waals surface area (Å²) in [5.41, 5.74) is 0. The smallest absolute Gasteiger partial charge is 0.326 e. The van der Waals surface area contributed by atoms with Crippen LogP contribution in [0.4, 0.5) is 0 Å². The van der Waals surface area contributed by atoms with E-state index in [2.05, 4.69) is 10.6 Å². The van der Waals surface area contributed by atoms with Gasteiger partial charge in [-0.1, -0.05) is 0 Å². The molecule has 0 aromatic rings. The van der Waals surface area contributed by atoms with Crippen molar-refractivity contribution in [1.82, 2.24) is 20.4 Å². The summed E-state index contributed by atoms with van der Waals surface area (Å²) in [4.78, 5) is 63.1. The molecule has 2 aliphatic heterocycles. The first-order valence-corrected chi connectivity index (χ1v) is 15.0. The van der Waals surface area contributed by atoms with Crippen LogP contribution in [0.15, 0.2) is 0 Å². The number of carbonyl (C=O) groups excluding carboxylic acids is 4. The van der Waals surface area contributed by atoms with Crippen LogP contribution in [-0.4, -0.2) is 133 Å². The molecule has 2 rings (SSSR count). The summed E-state index contributed by atoms with van der Waals surface area (Å²) in [7, 11) is 0. The van der Waals surface area contributed by atoms with Crippen LogP contribution >= 0.6 is 23.5 Å². The van der Waals surface area contributed by atoms with Gasteiger partial charge in [-0.05, 0) is 19.3 Å². The summed E-state index contributed by atoms with van der Waals surface area (Å²) in [6.45, 7) is 4.83. The van der Waals surface area contributed by atoms with E-state index in [1.165, 1.54) is 29.9 Å². The van der Waals surface area contributed by atoms with Gasteiger partial charge in [-0.15, -0.1) is 0 Å². The molecule has 0 bridgehead atoms. The van der Waals surface area contributed by atoms with Gasteiger partial charge in [-0.25, -0.2) is 4.79 Å². The van der Waals surface area contributed by atoms with E-state index in [9.17, 15) is 29.1 Å². The van der Waals surface area contributed by atoms with Gasteiger partial charge in [-0.2, -0.15) is 23.5 Å². The number of amides is 4. The average molecular weight is 575 g/mol. The third kappa shape index (κ3) is 13.7. The first-order valence-electron chi connectivity index (χ1n) is 12.7. The Morgan fingerprint density at radius 2 is 1.29 bits per heavy atom. The van der Waals surface area contributed by atoms with Gasteiger partial charge < -0.3 is 35.0 Å². The molecule has 0 spiro atoms. The zero-order chi connectivity index (χ0) is 27.6. The van der Waals surface area contributed by atoms with Crippen LogP contribution in [0.25, 0.3) is 0 Å². The molecule has 2 radical (unpaired) electrons. The normalized spacial score (nSPS) is 16.5. The van der Waals surface area contributed by atoms with Crippen molar-refractivity contribution in [3.8, 4) is 0 Å². The summed E-state index contributed by atoms with van der Waals surface area (Å²) in [5, 5.41) is 14.7. The number of ether oxygens (including phenoxy) is 2. The number of nitrogens with one attached hydrogen (secondary N) is 2. The van der Waals surface area contributed by atoms with Crippen molar-refractivity contribution in [2.45, 2.75) is 25.3 Å². The molecule has 14 heteroatoms. The molecule has 3 N–H and O–H groups in total. The zero-order valence-electron chi connectivity index (χ0n) is 21.6. The number of thioether (sulfide) groups is 2. The van der Waals surface area contributed by atoms with E-state index >= 15 is 0 Å². The number of morpholine rings is 2. The Balaban J connectivity index is 1.48. The molecular weight excluding hydrogens is 536 g/mol. The summed E-state index contributed by atoms with van der Waals surface area (Å²) in [5.74, 6) is -0.695. The number of hydrogen-bond donors (Lipinski definition) is 3. The predicted molar refractivity (Wildman–Crippen MR) is 144 cm³/mol. The standard InChI is InChI=1S/C24H38N4O8S2/c29-20(17-37-15-4-22(31)27-7-11-35-12-8-27)25-6-2-1-3-19(24(33)34)26-21(30)18-38-16-5-23(32)28-9-13-36-14-10-28/h4-5,19H,1-3,6-18H2,(H,25,29)(H,26,30)(H,33,34). The van der Waals surface area contributed by atoms with Crippen LogP contribution in [0, 0.1) is 12.8 Å². The maximum absolute atomic E-state index is 12.1. The maximum Gasteiger partial charge on any atom is 0.326 e. The van der Waals surface area contributed by atoms with E-state index in [0.29, 0.717) is 83.5 Å². The second kappa shape index (κ2) is 19.1. The Morgan fingerprint density at radius 1 is 0.789 bits per heavy atom. The largest absolute Gasteiger partial charge is 0.480 e. The van der Waals surface area contributed by atoms with E-state index in [1.54, 1.807) is 16.2 Å². The summed E-state index contributed by atoms with van der Waals surface area (Å²) in [6, 6.07) is -1.01. The fourth-order valence-electron chi connectivity index (χ4n) is 3.64. The third-order valence-electron chi connectivity index (χ3n) is 5.74. The number of carboxylic acid groups (broad SMARTS) is 1. The van der Waals surface area contributed by atoms with Gasteiger partial charge >= 0.3 is 5.97 Å². The highest BCUT2D eigenvalue weighted by Gasteiger charge is 2.21. The van der Waals surface area contributed by atoms with Crippen molar-refractivity contribution in [2.75, 3.05) is 82.2 Å². The highest BCUT2D eigenvalue weighted by molar-refractivity contribution is 8.00. The van der Waals surface area contributed by atoms with Gasteiger partial charge in [0.25, 0.3) is 0 Å². The highest BCUT2D eigenvalue weighted by Crippen LogP contribution is 2.08. The average Bonchev–Trinajstić information content (AvgIpc) is 2.93. The number of carbonyl (C=O) groups is 5. The van der Waals surface area contributed by atoms with E-state index in [0.717, 1.165) is 0 Å². The SMILES string of the molecule is O=C(CSC[CH]C(=O)N1CCOCC1)NCCCCC(NC(=O)CSC[CH]C(=O)N1CCOCC1)C(=O)O. The Kier molecular flexibility index (Phi) is 16.2. The van der Waals surface area contributed by atoms with E-state index in [1.807, 2.05) is 0 Å². The van der Waals surface area contributed by atoms with Crippen LogP contribution in [-0.2, 0) is 33.4 Å². The molecule has 0 aromatic heterocycles. The number of rotatable bonds is 17. The minimum atomic E-state index is -1.11. The molecule has 38 heavy (non-hydrogen) atoms. The van der Waals surface area contributed by atoms with E-state index in [-0.39, 0.29) is 35.6 Å². The Bertz CT molecular complexity index is 777. The lowest BCUT2D eigenvalue weighted by molar-refractivity contribution is -0.141. The first kappa shape index (κ1) is 32.2. The second-order valence-electron chi connectivity index (χ2n) is 8.62. The van der Waals surface area contributed by atoms with Gasteiger partial charge in [0.05, 0.1) is 50.8 Å². The highest BCUT2D eigenvalue weighted by atomic mass is 32.2. The molecule has 214 valence electrons. The summed E-state index contributed by atoms with van der Waals surface area (Å²) >= 11 is 2.59. The predicted octanol–water partition coefficient (Wildman–Crippen LogP) is -0.565. The lowest BCUT2D eigenvalue weighted by atomic mass is 10.1. The van der Waals surface area contributed by atoms with E-state index in [4.69, 9.17) is 9.47 Å². The van der Waals surface area contributed by atoms with E-state index < -0.39 is 17.9 Å². The molecule has 4 amide bonds.